The van der Waals surface area contributed by atoms with Crippen molar-refractivity contribution in [1.82, 2.24) is 0 Å². The maximum atomic E-state index is 12.4. The van der Waals surface area contributed by atoms with E-state index >= 15 is 0 Å². The molecule has 1 saturated heterocycles. The monoisotopic (exact) mass is 370 g/mol. The van der Waals surface area contributed by atoms with Crippen molar-refractivity contribution in [3.8, 4) is 0 Å². The molecule has 1 N–H and O–H groups in total. The lowest BCUT2D eigenvalue weighted by molar-refractivity contribution is -0.385. The molecule has 0 spiro atoms. The topological polar surface area (TPSA) is 136 Å². The molecule has 0 unspecified atom stereocenters. The van der Waals surface area contributed by atoms with Gasteiger partial charge in [-0.1, -0.05) is 12.1 Å². The van der Waals surface area contributed by atoms with Crippen LogP contribution in [0.4, 0.5) is 22.7 Å². The molecular formula is C17H14N4O6. The van der Waals surface area contributed by atoms with Gasteiger partial charge < -0.3 is 10.2 Å². The van der Waals surface area contributed by atoms with E-state index in [-0.39, 0.29) is 35.9 Å². The van der Waals surface area contributed by atoms with Crippen LogP contribution in [-0.2, 0) is 9.59 Å². The Bertz CT molecular complexity index is 945. The third-order valence-electron chi connectivity index (χ3n) is 4.17. The Labute approximate surface area is 152 Å². The minimum Gasteiger partial charge on any atom is -0.326 e. The molecule has 2 aromatic carbocycles. The second-order valence-corrected chi connectivity index (χ2v) is 5.98. The Morgan fingerprint density at radius 1 is 1.04 bits per heavy atom. The molecule has 2 aromatic rings. The van der Waals surface area contributed by atoms with E-state index in [0.717, 1.165) is 0 Å². The number of nitrogens with zero attached hydrogens (tertiary/aromatic N) is 3. The van der Waals surface area contributed by atoms with Crippen molar-refractivity contribution in [1.29, 1.82) is 0 Å². The molecule has 10 heteroatoms. The van der Waals surface area contributed by atoms with E-state index in [0.29, 0.717) is 5.69 Å². The molecule has 3 rings (SSSR count). The van der Waals surface area contributed by atoms with E-state index < -0.39 is 21.7 Å². The van der Waals surface area contributed by atoms with Gasteiger partial charge in [-0.15, -0.1) is 0 Å². The Balaban J connectivity index is 1.72. The number of rotatable bonds is 5. The van der Waals surface area contributed by atoms with Crippen LogP contribution >= 0.6 is 0 Å². The molecule has 0 bridgehead atoms. The average Bonchev–Trinajstić information content (AvgIpc) is 3.04. The first kappa shape index (κ1) is 18.0. The zero-order valence-electron chi connectivity index (χ0n) is 13.9. The van der Waals surface area contributed by atoms with Crippen LogP contribution in [0, 0.1) is 26.1 Å². The number of benzene rings is 2. The fourth-order valence-electron chi connectivity index (χ4n) is 2.85. The highest BCUT2D eigenvalue weighted by Gasteiger charge is 2.35. The highest BCUT2D eigenvalue weighted by molar-refractivity contribution is 6.03. The number of carbonyl (C=O) groups excluding carboxylic acids is 2. The van der Waals surface area contributed by atoms with Gasteiger partial charge in [0.15, 0.2) is 0 Å². The maximum absolute atomic E-state index is 12.4. The van der Waals surface area contributed by atoms with Gasteiger partial charge in [-0.2, -0.15) is 0 Å². The van der Waals surface area contributed by atoms with Crippen molar-refractivity contribution in [2.24, 2.45) is 5.92 Å². The lowest BCUT2D eigenvalue weighted by Gasteiger charge is -2.16. The third kappa shape index (κ3) is 3.89. The maximum Gasteiger partial charge on any atom is 0.271 e. The van der Waals surface area contributed by atoms with E-state index in [9.17, 15) is 29.8 Å². The predicted molar refractivity (Wildman–Crippen MR) is 95.3 cm³/mol. The Morgan fingerprint density at radius 2 is 1.67 bits per heavy atom. The summed E-state index contributed by atoms with van der Waals surface area (Å²) >= 11 is 0. The Morgan fingerprint density at radius 3 is 2.33 bits per heavy atom. The molecule has 27 heavy (non-hydrogen) atoms. The molecule has 0 aliphatic carbocycles. The first-order chi connectivity index (χ1) is 12.8. The second kappa shape index (κ2) is 7.20. The van der Waals surface area contributed by atoms with Crippen molar-refractivity contribution in [3.05, 3.63) is 68.8 Å². The minimum atomic E-state index is -0.670. The summed E-state index contributed by atoms with van der Waals surface area (Å²) in [6.07, 6.45) is -0.0521. The zero-order valence-corrected chi connectivity index (χ0v) is 13.9. The first-order valence-electron chi connectivity index (χ1n) is 7.95. The molecule has 10 nitrogen and oxygen atoms in total. The van der Waals surface area contributed by atoms with E-state index in [1.54, 1.807) is 6.07 Å². The molecule has 138 valence electrons. The van der Waals surface area contributed by atoms with Crippen LogP contribution in [0.2, 0.25) is 0 Å². The quantitative estimate of drug-likeness (QED) is 0.634. The number of hydrogen-bond donors (Lipinski definition) is 1. The fourth-order valence-corrected chi connectivity index (χ4v) is 2.85. The van der Waals surface area contributed by atoms with E-state index in [1.807, 2.05) is 0 Å². The van der Waals surface area contributed by atoms with Gasteiger partial charge >= 0.3 is 0 Å². The summed E-state index contributed by atoms with van der Waals surface area (Å²) in [5, 5.41) is 24.3. The highest BCUT2D eigenvalue weighted by Crippen LogP contribution is 2.28. The van der Waals surface area contributed by atoms with E-state index in [4.69, 9.17) is 0 Å². The number of carbonyl (C=O) groups is 2. The summed E-state index contributed by atoms with van der Waals surface area (Å²) in [5.41, 5.74) is 0.300. The van der Waals surface area contributed by atoms with Crippen LogP contribution in [0.15, 0.2) is 48.5 Å². The summed E-state index contributed by atoms with van der Waals surface area (Å²) in [6.45, 7) is 0.0702. The fraction of sp³-hybridized carbons (Fsp3) is 0.176. The van der Waals surface area contributed by atoms with Crippen LogP contribution < -0.4 is 10.2 Å². The number of nitro groups is 2. The summed E-state index contributed by atoms with van der Waals surface area (Å²) in [6, 6.07) is 11.1. The van der Waals surface area contributed by atoms with Crippen molar-refractivity contribution in [2.75, 3.05) is 16.8 Å². The predicted octanol–water partition coefficient (Wildman–Crippen LogP) is 2.49. The number of amides is 2. The first-order valence-corrected chi connectivity index (χ1v) is 7.95. The number of non-ortho nitro benzene ring substituents is 2. The third-order valence-corrected chi connectivity index (χ3v) is 4.17. The van der Waals surface area contributed by atoms with Crippen molar-refractivity contribution in [2.45, 2.75) is 6.42 Å². The molecule has 0 aromatic heterocycles. The molecule has 1 aliphatic rings. The molecule has 1 atom stereocenters. The molecule has 0 saturated carbocycles. The summed E-state index contributed by atoms with van der Waals surface area (Å²) in [7, 11) is 0. The zero-order chi connectivity index (χ0) is 19.6. The van der Waals surface area contributed by atoms with Crippen molar-refractivity contribution >= 4 is 34.6 Å². The molecule has 1 heterocycles. The summed E-state index contributed by atoms with van der Waals surface area (Å²) in [4.78, 5) is 46.6. The van der Waals surface area contributed by atoms with Crippen LogP contribution in [0.1, 0.15) is 6.42 Å². The lowest BCUT2D eigenvalue weighted by Crippen LogP contribution is -2.28. The number of anilines is 2. The van der Waals surface area contributed by atoms with Gasteiger partial charge in [0, 0.05) is 42.9 Å². The molecule has 1 aliphatic heterocycles. The van der Waals surface area contributed by atoms with E-state index in [2.05, 4.69) is 5.32 Å². The minimum absolute atomic E-state index is 0.0521. The summed E-state index contributed by atoms with van der Waals surface area (Å²) < 4.78 is 0. The highest BCUT2D eigenvalue weighted by atomic mass is 16.6. The van der Waals surface area contributed by atoms with Gasteiger partial charge in [0.05, 0.1) is 21.5 Å². The van der Waals surface area contributed by atoms with Crippen molar-refractivity contribution < 1.29 is 19.4 Å². The molecule has 1 fully saturated rings. The lowest BCUT2D eigenvalue weighted by atomic mass is 10.1. The Hall–Kier alpha value is -3.82. The van der Waals surface area contributed by atoms with Gasteiger partial charge in [0.2, 0.25) is 11.8 Å². The number of hydrogen-bond acceptors (Lipinski definition) is 6. The molecule has 2 amide bonds. The summed E-state index contributed by atoms with van der Waals surface area (Å²) in [5.74, 6) is -1.44. The van der Waals surface area contributed by atoms with E-state index in [1.165, 1.54) is 47.4 Å². The number of nitro benzene ring substituents is 2. The second-order valence-electron chi connectivity index (χ2n) is 5.98. The normalized spacial score (nSPS) is 16.2. The van der Waals surface area contributed by atoms with Crippen LogP contribution in [0.5, 0.6) is 0 Å². The van der Waals surface area contributed by atoms with Gasteiger partial charge in [-0.25, -0.2) is 0 Å². The van der Waals surface area contributed by atoms with Gasteiger partial charge in [0.1, 0.15) is 0 Å². The van der Waals surface area contributed by atoms with Gasteiger partial charge in [0.25, 0.3) is 11.4 Å². The molecular weight excluding hydrogens is 356 g/mol. The standard InChI is InChI=1S/C17H14N4O6/c22-16-7-11(10-19(16)13-4-2-6-15(9-13)21(26)27)17(23)18-12-3-1-5-14(8-12)20(24)25/h1-6,8-9,11H,7,10H2,(H,18,23)/t11-/m0/s1. The Kier molecular flexibility index (Phi) is 4.79. The van der Waals surface area contributed by atoms with Crippen molar-refractivity contribution in [3.63, 3.8) is 0 Å². The average molecular weight is 370 g/mol. The molecule has 0 radical (unpaired) electrons. The largest absolute Gasteiger partial charge is 0.326 e. The van der Waals surface area contributed by atoms with Crippen LogP contribution in [0.3, 0.4) is 0 Å². The number of nitrogens with one attached hydrogen (secondary N) is 1. The van der Waals surface area contributed by atoms with Crippen LogP contribution in [-0.4, -0.2) is 28.2 Å². The SMILES string of the molecule is O=C(Nc1cccc([N+](=O)[O-])c1)[C@H]1CC(=O)N(c2cccc([N+](=O)[O-])c2)C1. The smallest absolute Gasteiger partial charge is 0.271 e. The van der Waals surface area contributed by atoms with Gasteiger partial charge in [-0.05, 0) is 12.1 Å². The van der Waals surface area contributed by atoms with Crippen LogP contribution in [0.25, 0.3) is 0 Å². The van der Waals surface area contributed by atoms with Gasteiger partial charge in [-0.3, -0.25) is 29.8 Å².